The molecule has 0 radical (unpaired) electrons. The third-order valence-electron chi connectivity index (χ3n) is 3.45. The second kappa shape index (κ2) is 5.46. The van der Waals surface area contributed by atoms with Crippen LogP contribution in [0, 0.1) is 12.7 Å². The number of aliphatic hydroxyl groups excluding tert-OH is 1. The summed E-state index contributed by atoms with van der Waals surface area (Å²) >= 11 is 0. The summed E-state index contributed by atoms with van der Waals surface area (Å²) in [4.78, 5) is 0. The molecule has 0 bridgehead atoms. The summed E-state index contributed by atoms with van der Waals surface area (Å²) in [5, 5.41) is 10.4. The molecule has 1 N–H and O–H groups in total. The van der Waals surface area contributed by atoms with Gasteiger partial charge in [0.25, 0.3) is 0 Å². The summed E-state index contributed by atoms with van der Waals surface area (Å²) in [5.41, 5.74) is 2.75. The fourth-order valence-electron chi connectivity index (χ4n) is 2.43. The SMILES string of the molecule is Cc1cc(F)ccc1C(O)C1=CCCCCC1. The minimum Gasteiger partial charge on any atom is -0.384 e. The molecular formula is C15H19FO. The van der Waals surface area contributed by atoms with Crippen molar-refractivity contribution in [2.24, 2.45) is 0 Å². The molecule has 1 atom stereocenters. The van der Waals surface area contributed by atoms with Crippen LogP contribution in [0.4, 0.5) is 4.39 Å². The Morgan fingerprint density at radius 3 is 2.82 bits per heavy atom. The molecule has 0 spiro atoms. The van der Waals surface area contributed by atoms with Gasteiger partial charge in [0.1, 0.15) is 11.9 Å². The van der Waals surface area contributed by atoms with Crippen molar-refractivity contribution < 1.29 is 9.50 Å². The van der Waals surface area contributed by atoms with Crippen molar-refractivity contribution in [2.45, 2.75) is 45.1 Å². The molecule has 0 aromatic heterocycles. The number of aliphatic hydroxyl groups is 1. The molecule has 1 unspecified atom stereocenters. The number of allylic oxidation sites excluding steroid dienone is 1. The molecule has 0 saturated heterocycles. The monoisotopic (exact) mass is 234 g/mol. The summed E-state index contributed by atoms with van der Waals surface area (Å²) < 4.78 is 13.0. The van der Waals surface area contributed by atoms with Gasteiger partial charge in [-0.2, -0.15) is 0 Å². The van der Waals surface area contributed by atoms with Crippen LogP contribution in [0.3, 0.4) is 0 Å². The first-order valence-electron chi connectivity index (χ1n) is 6.31. The second-order valence-electron chi connectivity index (χ2n) is 4.78. The summed E-state index contributed by atoms with van der Waals surface area (Å²) in [6, 6.07) is 4.60. The Morgan fingerprint density at radius 1 is 1.24 bits per heavy atom. The van der Waals surface area contributed by atoms with Crippen LogP contribution in [0.2, 0.25) is 0 Å². The Bertz CT molecular complexity index is 423. The molecule has 1 aromatic rings. The molecular weight excluding hydrogens is 215 g/mol. The van der Waals surface area contributed by atoms with Crippen molar-refractivity contribution in [3.8, 4) is 0 Å². The lowest BCUT2D eigenvalue weighted by molar-refractivity contribution is 0.210. The fourth-order valence-corrected chi connectivity index (χ4v) is 2.43. The van der Waals surface area contributed by atoms with Crippen LogP contribution >= 0.6 is 0 Å². The van der Waals surface area contributed by atoms with Crippen molar-refractivity contribution >= 4 is 0 Å². The van der Waals surface area contributed by atoms with Crippen LogP contribution < -0.4 is 0 Å². The third kappa shape index (κ3) is 2.95. The van der Waals surface area contributed by atoms with E-state index in [1.54, 1.807) is 6.07 Å². The van der Waals surface area contributed by atoms with Gasteiger partial charge in [0.15, 0.2) is 0 Å². The molecule has 2 rings (SSSR count). The lowest BCUT2D eigenvalue weighted by Crippen LogP contribution is -2.04. The van der Waals surface area contributed by atoms with Gasteiger partial charge in [0, 0.05) is 0 Å². The minimum absolute atomic E-state index is 0.242. The van der Waals surface area contributed by atoms with Gasteiger partial charge in [0.05, 0.1) is 0 Å². The first kappa shape index (κ1) is 12.3. The highest BCUT2D eigenvalue weighted by atomic mass is 19.1. The quantitative estimate of drug-likeness (QED) is 0.765. The number of halogens is 1. The maximum Gasteiger partial charge on any atom is 0.123 e. The highest BCUT2D eigenvalue weighted by molar-refractivity contribution is 5.33. The Balaban J connectivity index is 2.23. The molecule has 1 aliphatic carbocycles. The molecule has 0 heterocycles. The van der Waals surface area contributed by atoms with Gasteiger partial charge in [0.2, 0.25) is 0 Å². The highest BCUT2D eigenvalue weighted by Crippen LogP contribution is 2.30. The lowest BCUT2D eigenvalue weighted by Gasteiger charge is -2.17. The van der Waals surface area contributed by atoms with Crippen molar-refractivity contribution in [1.82, 2.24) is 0 Å². The average Bonchev–Trinajstić information content (AvgIpc) is 2.56. The number of hydrogen-bond acceptors (Lipinski definition) is 1. The number of aryl methyl sites for hydroxylation is 1. The Labute approximate surface area is 102 Å². The number of benzene rings is 1. The van der Waals surface area contributed by atoms with E-state index in [2.05, 4.69) is 6.08 Å². The van der Waals surface area contributed by atoms with E-state index < -0.39 is 6.10 Å². The first-order valence-corrected chi connectivity index (χ1v) is 6.31. The summed E-state index contributed by atoms with van der Waals surface area (Å²) in [6.45, 7) is 1.85. The van der Waals surface area contributed by atoms with Crippen LogP contribution in [0.5, 0.6) is 0 Å². The molecule has 0 fully saturated rings. The van der Waals surface area contributed by atoms with Crippen molar-refractivity contribution in [1.29, 1.82) is 0 Å². The van der Waals surface area contributed by atoms with E-state index in [-0.39, 0.29) is 5.82 Å². The molecule has 0 saturated carbocycles. The second-order valence-corrected chi connectivity index (χ2v) is 4.78. The van der Waals surface area contributed by atoms with Gasteiger partial charge in [-0.15, -0.1) is 0 Å². The minimum atomic E-state index is -0.561. The van der Waals surface area contributed by atoms with E-state index in [1.807, 2.05) is 6.92 Å². The van der Waals surface area contributed by atoms with Crippen molar-refractivity contribution in [3.63, 3.8) is 0 Å². The van der Waals surface area contributed by atoms with Crippen LogP contribution in [-0.2, 0) is 0 Å². The third-order valence-corrected chi connectivity index (χ3v) is 3.45. The summed E-state index contributed by atoms with van der Waals surface area (Å²) in [7, 11) is 0. The van der Waals surface area contributed by atoms with Gasteiger partial charge < -0.3 is 5.11 Å². The Hall–Kier alpha value is -1.15. The van der Waals surface area contributed by atoms with Crippen LogP contribution in [0.25, 0.3) is 0 Å². The van der Waals surface area contributed by atoms with Gasteiger partial charge in [-0.3, -0.25) is 0 Å². The first-order chi connectivity index (χ1) is 8.18. The van der Waals surface area contributed by atoms with Gasteiger partial charge in [-0.1, -0.05) is 18.6 Å². The van der Waals surface area contributed by atoms with E-state index in [4.69, 9.17) is 0 Å². The molecule has 1 nitrogen and oxygen atoms in total. The van der Waals surface area contributed by atoms with Gasteiger partial charge in [-0.25, -0.2) is 4.39 Å². The Kier molecular flexibility index (Phi) is 3.95. The maximum atomic E-state index is 13.0. The normalized spacial score (nSPS) is 18.4. The molecule has 17 heavy (non-hydrogen) atoms. The number of hydrogen-bond donors (Lipinski definition) is 1. The van der Waals surface area contributed by atoms with Crippen LogP contribution in [0.1, 0.15) is 49.3 Å². The zero-order chi connectivity index (χ0) is 12.3. The Morgan fingerprint density at radius 2 is 2.06 bits per heavy atom. The highest BCUT2D eigenvalue weighted by Gasteiger charge is 2.16. The predicted molar refractivity (Wildman–Crippen MR) is 67.3 cm³/mol. The molecule has 2 heteroatoms. The summed E-state index contributed by atoms with van der Waals surface area (Å²) in [6.07, 6.45) is 7.18. The van der Waals surface area contributed by atoms with Crippen molar-refractivity contribution in [3.05, 3.63) is 46.8 Å². The summed E-state index contributed by atoms with van der Waals surface area (Å²) in [5.74, 6) is -0.242. The molecule has 1 aromatic carbocycles. The van der Waals surface area contributed by atoms with E-state index in [0.717, 1.165) is 36.0 Å². The zero-order valence-electron chi connectivity index (χ0n) is 10.2. The standard InChI is InChI=1S/C15H19FO/c1-11-10-13(16)8-9-14(11)15(17)12-6-4-2-3-5-7-12/h6,8-10,15,17H,2-5,7H2,1H3. The maximum absolute atomic E-state index is 13.0. The van der Waals surface area contributed by atoms with Crippen LogP contribution in [0.15, 0.2) is 29.8 Å². The molecule has 0 amide bonds. The van der Waals surface area contributed by atoms with Gasteiger partial charge in [-0.05, 0) is 61.4 Å². The lowest BCUT2D eigenvalue weighted by atomic mass is 9.94. The van der Waals surface area contributed by atoms with E-state index in [0.29, 0.717) is 0 Å². The van der Waals surface area contributed by atoms with Gasteiger partial charge >= 0.3 is 0 Å². The predicted octanol–water partition coefficient (Wildman–Crippen LogP) is 4.06. The zero-order valence-corrected chi connectivity index (χ0v) is 10.2. The smallest absolute Gasteiger partial charge is 0.123 e. The molecule has 92 valence electrons. The largest absolute Gasteiger partial charge is 0.384 e. The fraction of sp³-hybridized carbons (Fsp3) is 0.467. The van der Waals surface area contributed by atoms with E-state index in [9.17, 15) is 9.50 Å². The average molecular weight is 234 g/mol. The van der Waals surface area contributed by atoms with E-state index in [1.165, 1.54) is 25.0 Å². The van der Waals surface area contributed by atoms with E-state index >= 15 is 0 Å². The number of rotatable bonds is 2. The topological polar surface area (TPSA) is 20.2 Å². The molecule has 0 aliphatic heterocycles. The van der Waals surface area contributed by atoms with Crippen molar-refractivity contribution in [2.75, 3.05) is 0 Å². The van der Waals surface area contributed by atoms with Crippen LogP contribution in [-0.4, -0.2) is 5.11 Å². The molecule has 1 aliphatic rings.